The Labute approximate surface area is 237 Å². The summed E-state index contributed by atoms with van der Waals surface area (Å²) in [6.45, 7) is 7.32. The van der Waals surface area contributed by atoms with E-state index in [0.29, 0.717) is 0 Å². The maximum absolute atomic E-state index is 2.44. The van der Waals surface area contributed by atoms with Gasteiger partial charge in [-0.05, 0) is 71.8 Å². The highest BCUT2D eigenvalue weighted by Crippen LogP contribution is 2.44. The lowest BCUT2D eigenvalue weighted by Crippen LogP contribution is -2.38. The molecule has 7 aromatic rings. The Morgan fingerprint density at radius 1 is 0.375 bits per heavy atom. The molecule has 0 nitrogen and oxygen atoms in total. The molecular formula is C39H32Si. The van der Waals surface area contributed by atoms with E-state index in [0.717, 1.165) is 0 Å². The first-order valence-corrected chi connectivity index (χ1v) is 17.6. The molecule has 0 spiro atoms. The van der Waals surface area contributed by atoms with Gasteiger partial charge in [-0.15, -0.1) is 0 Å². The molecular weight excluding hydrogens is 497 g/mol. The highest BCUT2D eigenvalue weighted by molar-refractivity contribution is 6.89. The van der Waals surface area contributed by atoms with Crippen LogP contribution in [0.3, 0.4) is 0 Å². The van der Waals surface area contributed by atoms with Crippen LogP contribution in [-0.4, -0.2) is 8.07 Å². The van der Waals surface area contributed by atoms with Crippen LogP contribution in [0.5, 0.6) is 0 Å². The second kappa shape index (κ2) is 9.62. The molecule has 0 fully saturated rings. The van der Waals surface area contributed by atoms with Crippen molar-refractivity contribution in [3.63, 3.8) is 0 Å². The molecule has 7 rings (SSSR count). The third-order valence-corrected chi connectivity index (χ3v) is 10.2. The van der Waals surface area contributed by atoms with E-state index >= 15 is 0 Å². The van der Waals surface area contributed by atoms with Gasteiger partial charge >= 0.3 is 0 Å². The highest BCUT2D eigenvalue weighted by atomic mass is 28.3. The first-order valence-electron chi connectivity index (χ1n) is 14.1. The Hall–Kier alpha value is -4.46. The molecule has 1 heteroatoms. The largest absolute Gasteiger partial charge is 0.0784 e. The smallest absolute Gasteiger partial charge is 0.0656 e. The fraction of sp³-hybridized carbons (Fsp3) is 0.0769. The molecule has 0 aliphatic heterocycles. The maximum atomic E-state index is 2.44. The zero-order valence-corrected chi connectivity index (χ0v) is 24.3. The minimum atomic E-state index is -1.54. The van der Waals surface area contributed by atoms with Crippen LogP contribution in [0.2, 0.25) is 19.6 Å². The van der Waals surface area contributed by atoms with Crippen LogP contribution in [-0.2, 0) is 0 Å². The number of rotatable bonds is 4. The lowest BCUT2D eigenvalue weighted by molar-refractivity contribution is 1.64. The molecule has 0 saturated heterocycles. The molecule has 40 heavy (non-hydrogen) atoms. The van der Waals surface area contributed by atoms with E-state index in [1.54, 1.807) is 0 Å². The summed E-state index contributed by atoms with van der Waals surface area (Å²) in [4.78, 5) is 0. The average molecular weight is 529 g/mol. The average Bonchev–Trinajstić information content (AvgIpc) is 2.99. The van der Waals surface area contributed by atoms with Gasteiger partial charge in [0.05, 0.1) is 8.07 Å². The van der Waals surface area contributed by atoms with E-state index in [-0.39, 0.29) is 0 Å². The normalized spacial score (nSPS) is 11.9. The van der Waals surface area contributed by atoms with Crippen LogP contribution in [0.4, 0.5) is 0 Å². The number of hydrogen-bond donors (Lipinski definition) is 0. The number of fused-ring (bicyclic) bond motifs is 3. The van der Waals surface area contributed by atoms with Crippen molar-refractivity contribution in [2.24, 2.45) is 0 Å². The number of benzene rings is 7. The molecule has 192 valence electrons. The highest BCUT2D eigenvalue weighted by Gasteiger charge is 2.22. The maximum Gasteiger partial charge on any atom is 0.0784 e. The van der Waals surface area contributed by atoms with Gasteiger partial charge in [0.15, 0.2) is 0 Å². The van der Waals surface area contributed by atoms with Gasteiger partial charge in [0.25, 0.3) is 0 Å². The standard InChI is InChI=1S/C39H32Si/c1-40(2,3)37-23-12-11-17-31(37)30-22-13-16-27-24-25-29(26-36(27)30)39-34-20-9-7-18-32(34)38(28-14-5-4-6-15-28)33-19-8-10-21-35(33)39/h4-26H,1-3H3. The van der Waals surface area contributed by atoms with Crippen molar-refractivity contribution in [3.05, 3.63) is 140 Å². The van der Waals surface area contributed by atoms with Gasteiger partial charge in [0.2, 0.25) is 0 Å². The van der Waals surface area contributed by atoms with Crippen LogP contribution in [0.25, 0.3) is 65.7 Å². The molecule has 0 N–H and O–H groups in total. The van der Waals surface area contributed by atoms with Crippen molar-refractivity contribution in [1.82, 2.24) is 0 Å². The Balaban J connectivity index is 1.56. The van der Waals surface area contributed by atoms with E-state index in [1.807, 2.05) is 0 Å². The molecule has 0 heterocycles. The molecule has 0 aromatic heterocycles. The first-order chi connectivity index (χ1) is 19.5. The number of hydrogen-bond acceptors (Lipinski definition) is 0. The summed E-state index contributed by atoms with van der Waals surface area (Å²) in [5.74, 6) is 0. The Morgan fingerprint density at radius 2 is 0.900 bits per heavy atom. The van der Waals surface area contributed by atoms with Crippen LogP contribution >= 0.6 is 0 Å². The van der Waals surface area contributed by atoms with Crippen molar-refractivity contribution < 1.29 is 0 Å². The predicted octanol–water partition coefficient (Wildman–Crippen LogP) is 10.7. The summed E-state index contributed by atoms with van der Waals surface area (Å²) in [6.07, 6.45) is 0. The van der Waals surface area contributed by atoms with Crippen LogP contribution in [0, 0.1) is 0 Å². The summed E-state index contributed by atoms with van der Waals surface area (Å²) >= 11 is 0. The van der Waals surface area contributed by atoms with Gasteiger partial charge in [0.1, 0.15) is 0 Å². The molecule has 0 saturated carbocycles. The zero-order chi connectivity index (χ0) is 27.3. The predicted molar refractivity (Wildman–Crippen MR) is 178 cm³/mol. The van der Waals surface area contributed by atoms with Crippen LogP contribution < -0.4 is 5.19 Å². The SMILES string of the molecule is C[Si](C)(C)c1ccccc1-c1cccc2ccc(-c3c4ccccc4c(-c4ccccc4)c4ccccc34)cc12. The van der Waals surface area contributed by atoms with Gasteiger partial charge in [-0.25, -0.2) is 0 Å². The second-order valence-electron chi connectivity index (χ2n) is 11.7. The summed E-state index contributed by atoms with van der Waals surface area (Å²) in [5, 5.41) is 9.27. The lowest BCUT2D eigenvalue weighted by atomic mass is 9.85. The van der Waals surface area contributed by atoms with Gasteiger partial charge in [-0.2, -0.15) is 0 Å². The molecule has 0 bridgehead atoms. The topological polar surface area (TPSA) is 0 Å². The Morgan fingerprint density at radius 3 is 1.52 bits per heavy atom. The third-order valence-electron chi connectivity index (χ3n) is 8.19. The lowest BCUT2D eigenvalue weighted by Gasteiger charge is -2.22. The van der Waals surface area contributed by atoms with Crippen molar-refractivity contribution in [2.75, 3.05) is 0 Å². The van der Waals surface area contributed by atoms with E-state index in [4.69, 9.17) is 0 Å². The molecule has 0 amide bonds. The zero-order valence-electron chi connectivity index (χ0n) is 23.3. The first kappa shape index (κ1) is 24.6. The Kier molecular flexibility index (Phi) is 5.91. The van der Waals surface area contributed by atoms with Gasteiger partial charge in [0, 0.05) is 0 Å². The van der Waals surface area contributed by atoms with Crippen LogP contribution in [0.1, 0.15) is 0 Å². The molecule has 0 unspecified atom stereocenters. The molecule has 0 aliphatic rings. The van der Waals surface area contributed by atoms with Crippen molar-refractivity contribution in [2.45, 2.75) is 19.6 Å². The van der Waals surface area contributed by atoms with E-state index in [2.05, 4.69) is 159 Å². The van der Waals surface area contributed by atoms with Gasteiger partial charge in [-0.1, -0.05) is 158 Å². The molecule has 0 radical (unpaired) electrons. The Bertz CT molecular complexity index is 1970. The molecule has 0 aliphatic carbocycles. The van der Waals surface area contributed by atoms with Gasteiger partial charge < -0.3 is 0 Å². The van der Waals surface area contributed by atoms with Crippen molar-refractivity contribution >= 4 is 45.6 Å². The minimum absolute atomic E-state index is 1.25. The van der Waals surface area contributed by atoms with E-state index in [1.165, 1.54) is 70.9 Å². The fourth-order valence-electron chi connectivity index (χ4n) is 6.39. The van der Waals surface area contributed by atoms with Gasteiger partial charge in [-0.3, -0.25) is 0 Å². The van der Waals surface area contributed by atoms with Crippen molar-refractivity contribution in [3.8, 4) is 33.4 Å². The quantitative estimate of drug-likeness (QED) is 0.157. The summed E-state index contributed by atoms with van der Waals surface area (Å²) in [7, 11) is -1.54. The summed E-state index contributed by atoms with van der Waals surface area (Å²) < 4.78 is 0. The van der Waals surface area contributed by atoms with Crippen LogP contribution in [0.15, 0.2) is 140 Å². The summed E-state index contributed by atoms with van der Waals surface area (Å²) in [6, 6.07) is 51.5. The fourth-order valence-corrected chi connectivity index (χ4v) is 8.01. The molecule has 7 aromatic carbocycles. The minimum Gasteiger partial charge on any atom is -0.0656 e. The second-order valence-corrected chi connectivity index (χ2v) is 16.8. The van der Waals surface area contributed by atoms with E-state index in [9.17, 15) is 0 Å². The summed E-state index contributed by atoms with van der Waals surface area (Å²) in [5.41, 5.74) is 7.83. The van der Waals surface area contributed by atoms with Crippen molar-refractivity contribution in [1.29, 1.82) is 0 Å². The molecule has 0 atom stereocenters. The van der Waals surface area contributed by atoms with E-state index < -0.39 is 8.07 Å². The third kappa shape index (κ3) is 4.06. The monoisotopic (exact) mass is 528 g/mol.